The van der Waals surface area contributed by atoms with Crippen molar-refractivity contribution >= 4 is 18.5 Å². The highest BCUT2D eigenvalue weighted by molar-refractivity contribution is 7.80. The number of nitrogens with zero attached hydrogens (tertiary/aromatic N) is 1. The lowest BCUT2D eigenvalue weighted by Crippen LogP contribution is -2.31. The van der Waals surface area contributed by atoms with Gasteiger partial charge in [0.05, 0.1) is 0 Å². The Hall–Kier alpha value is -0.180. The molecule has 1 rings (SSSR count). The molecule has 0 aliphatic carbocycles. The zero-order valence-electron chi connectivity index (χ0n) is 8.49. The predicted molar refractivity (Wildman–Crippen MR) is 58.0 cm³/mol. The van der Waals surface area contributed by atoms with E-state index in [9.17, 15) is 4.79 Å². The van der Waals surface area contributed by atoms with Crippen molar-refractivity contribution in [2.45, 2.75) is 26.7 Å². The molecule has 1 amide bonds. The average molecular weight is 201 g/mol. The van der Waals surface area contributed by atoms with Crippen LogP contribution in [0.4, 0.5) is 0 Å². The normalized spacial score (nSPS) is 25.3. The van der Waals surface area contributed by atoms with E-state index < -0.39 is 0 Å². The molecule has 1 aliphatic rings. The van der Waals surface area contributed by atoms with Gasteiger partial charge in [-0.1, -0.05) is 20.3 Å². The lowest BCUT2D eigenvalue weighted by Gasteiger charge is -2.21. The molecule has 76 valence electrons. The summed E-state index contributed by atoms with van der Waals surface area (Å²) in [5.41, 5.74) is 0. The highest BCUT2D eigenvalue weighted by atomic mass is 32.1. The van der Waals surface area contributed by atoms with E-state index in [1.807, 2.05) is 4.90 Å². The number of thiol groups is 1. The third-order valence-corrected chi connectivity index (χ3v) is 3.24. The van der Waals surface area contributed by atoms with Crippen molar-refractivity contribution in [3.8, 4) is 0 Å². The van der Waals surface area contributed by atoms with Gasteiger partial charge in [-0.25, -0.2) is 0 Å². The van der Waals surface area contributed by atoms with Gasteiger partial charge in [-0.3, -0.25) is 4.79 Å². The molecule has 13 heavy (non-hydrogen) atoms. The van der Waals surface area contributed by atoms with Crippen molar-refractivity contribution < 1.29 is 4.79 Å². The van der Waals surface area contributed by atoms with Crippen LogP contribution in [0.3, 0.4) is 0 Å². The number of carbonyl (C=O) groups excluding carboxylic acids is 1. The summed E-state index contributed by atoms with van der Waals surface area (Å²) >= 11 is 4.28. The fourth-order valence-corrected chi connectivity index (χ4v) is 2.15. The Kier molecular flexibility index (Phi) is 4.10. The summed E-state index contributed by atoms with van der Waals surface area (Å²) in [6, 6.07) is 0. The monoisotopic (exact) mass is 201 g/mol. The van der Waals surface area contributed by atoms with Gasteiger partial charge in [-0.2, -0.15) is 12.6 Å². The summed E-state index contributed by atoms with van der Waals surface area (Å²) in [4.78, 5) is 13.4. The summed E-state index contributed by atoms with van der Waals surface area (Å²) in [5.74, 6) is 2.32. The third kappa shape index (κ3) is 2.90. The predicted octanol–water partition coefficient (Wildman–Crippen LogP) is 1.81. The van der Waals surface area contributed by atoms with E-state index >= 15 is 0 Å². The molecule has 1 saturated heterocycles. The Bertz CT molecular complexity index is 180. The lowest BCUT2D eigenvalue weighted by molar-refractivity contribution is -0.128. The van der Waals surface area contributed by atoms with Gasteiger partial charge in [-0.05, 0) is 17.6 Å². The maximum atomic E-state index is 11.5. The van der Waals surface area contributed by atoms with Crippen LogP contribution in [0.1, 0.15) is 26.7 Å². The average Bonchev–Trinajstić information content (AvgIpc) is 2.41. The topological polar surface area (TPSA) is 20.3 Å². The van der Waals surface area contributed by atoms with Gasteiger partial charge in [0, 0.05) is 19.5 Å². The molecule has 3 heteroatoms. The summed E-state index contributed by atoms with van der Waals surface area (Å²) in [5, 5.41) is 0. The van der Waals surface area contributed by atoms with Crippen LogP contribution in [-0.2, 0) is 4.79 Å². The first-order chi connectivity index (χ1) is 6.17. The second-order valence-corrected chi connectivity index (χ2v) is 4.43. The van der Waals surface area contributed by atoms with Gasteiger partial charge in [0.15, 0.2) is 0 Å². The smallest absolute Gasteiger partial charge is 0.222 e. The molecular formula is C10H19NOS. The van der Waals surface area contributed by atoms with Crippen LogP contribution in [0, 0.1) is 11.8 Å². The number of carbonyl (C=O) groups is 1. The van der Waals surface area contributed by atoms with Gasteiger partial charge in [0.1, 0.15) is 0 Å². The molecule has 1 heterocycles. The molecule has 1 aliphatic heterocycles. The Morgan fingerprint density at radius 1 is 1.69 bits per heavy atom. The molecule has 1 fully saturated rings. The number of hydrogen-bond donors (Lipinski definition) is 1. The van der Waals surface area contributed by atoms with Crippen LogP contribution in [-0.4, -0.2) is 29.6 Å². The quantitative estimate of drug-likeness (QED) is 0.688. The minimum atomic E-state index is 0.327. The number of likely N-dealkylation sites (tertiary alicyclic amines) is 1. The first kappa shape index (κ1) is 10.9. The fraction of sp³-hybridized carbons (Fsp3) is 0.900. The van der Waals surface area contributed by atoms with E-state index in [1.165, 1.54) is 0 Å². The van der Waals surface area contributed by atoms with E-state index in [0.29, 0.717) is 17.7 Å². The van der Waals surface area contributed by atoms with Gasteiger partial charge in [-0.15, -0.1) is 0 Å². The minimum Gasteiger partial charge on any atom is -0.342 e. The van der Waals surface area contributed by atoms with Crippen molar-refractivity contribution in [3.63, 3.8) is 0 Å². The maximum absolute atomic E-state index is 11.5. The third-order valence-electron chi connectivity index (χ3n) is 2.72. The molecular weight excluding hydrogens is 182 g/mol. The van der Waals surface area contributed by atoms with E-state index in [2.05, 4.69) is 26.5 Å². The first-order valence-corrected chi connectivity index (χ1v) is 5.69. The van der Waals surface area contributed by atoms with Gasteiger partial charge >= 0.3 is 0 Å². The molecule has 0 radical (unpaired) electrons. The fourth-order valence-electron chi connectivity index (χ4n) is 1.77. The van der Waals surface area contributed by atoms with Gasteiger partial charge in [0.2, 0.25) is 5.91 Å². The molecule has 0 aromatic carbocycles. The Morgan fingerprint density at radius 2 is 2.38 bits per heavy atom. The molecule has 2 atom stereocenters. The van der Waals surface area contributed by atoms with Crippen molar-refractivity contribution in [3.05, 3.63) is 0 Å². The molecule has 0 N–H and O–H groups in total. The van der Waals surface area contributed by atoms with E-state index in [1.54, 1.807) is 0 Å². The minimum absolute atomic E-state index is 0.327. The lowest BCUT2D eigenvalue weighted by atomic mass is 10.1. The van der Waals surface area contributed by atoms with Gasteiger partial charge in [0.25, 0.3) is 0 Å². The number of hydrogen-bond acceptors (Lipinski definition) is 2. The molecule has 0 spiro atoms. The van der Waals surface area contributed by atoms with E-state index in [0.717, 1.165) is 31.7 Å². The number of rotatable bonds is 4. The van der Waals surface area contributed by atoms with Crippen LogP contribution in [0.5, 0.6) is 0 Å². The Labute approximate surface area is 86.1 Å². The molecule has 2 unspecified atom stereocenters. The van der Waals surface area contributed by atoms with Crippen molar-refractivity contribution in [2.24, 2.45) is 11.8 Å². The van der Waals surface area contributed by atoms with E-state index in [4.69, 9.17) is 0 Å². The zero-order chi connectivity index (χ0) is 9.84. The maximum Gasteiger partial charge on any atom is 0.222 e. The second kappa shape index (κ2) is 4.89. The van der Waals surface area contributed by atoms with Crippen LogP contribution < -0.4 is 0 Å². The highest BCUT2D eigenvalue weighted by Crippen LogP contribution is 2.19. The Morgan fingerprint density at radius 3 is 2.77 bits per heavy atom. The highest BCUT2D eigenvalue weighted by Gasteiger charge is 2.27. The van der Waals surface area contributed by atoms with Crippen LogP contribution in [0.2, 0.25) is 0 Å². The largest absolute Gasteiger partial charge is 0.342 e. The summed E-state index contributed by atoms with van der Waals surface area (Å²) < 4.78 is 0. The summed E-state index contributed by atoms with van der Waals surface area (Å²) in [7, 11) is 0. The van der Waals surface area contributed by atoms with Crippen LogP contribution in [0.15, 0.2) is 0 Å². The van der Waals surface area contributed by atoms with Crippen molar-refractivity contribution in [1.82, 2.24) is 4.90 Å². The SMILES string of the molecule is CCC(CS)CN1CC(C)CC1=O. The molecule has 0 saturated carbocycles. The number of amides is 1. The van der Waals surface area contributed by atoms with Crippen LogP contribution >= 0.6 is 12.6 Å². The molecule has 0 aromatic rings. The zero-order valence-corrected chi connectivity index (χ0v) is 9.39. The Balaban J connectivity index is 2.40. The van der Waals surface area contributed by atoms with Gasteiger partial charge < -0.3 is 4.90 Å². The first-order valence-electron chi connectivity index (χ1n) is 5.06. The summed E-state index contributed by atoms with van der Waals surface area (Å²) in [6.45, 7) is 6.15. The van der Waals surface area contributed by atoms with Crippen molar-refractivity contribution in [1.29, 1.82) is 0 Å². The van der Waals surface area contributed by atoms with E-state index in [-0.39, 0.29) is 0 Å². The molecule has 2 nitrogen and oxygen atoms in total. The molecule has 0 bridgehead atoms. The van der Waals surface area contributed by atoms with Crippen molar-refractivity contribution in [2.75, 3.05) is 18.8 Å². The molecule has 0 aromatic heterocycles. The van der Waals surface area contributed by atoms with Crippen LogP contribution in [0.25, 0.3) is 0 Å². The standard InChI is InChI=1S/C10H19NOS/c1-3-9(7-13)6-11-5-8(2)4-10(11)12/h8-9,13H,3-7H2,1-2H3. The second-order valence-electron chi connectivity index (χ2n) is 4.06. The summed E-state index contributed by atoms with van der Waals surface area (Å²) in [6.07, 6.45) is 1.85.